The second-order valence-electron chi connectivity index (χ2n) is 2.61. The van der Waals surface area contributed by atoms with Gasteiger partial charge in [-0.15, -0.1) is 0 Å². The SMILES string of the molecule is [2H]c1cc([2H])c(Nc2ccccc2)c([2H])c1. The average molecular weight is 172 g/mol. The Morgan fingerprint density at radius 1 is 0.846 bits per heavy atom. The van der Waals surface area contributed by atoms with Crippen molar-refractivity contribution < 1.29 is 4.11 Å². The molecule has 2 aromatic rings. The van der Waals surface area contributed by atoms with Gasteiger partial charge in [-0.3, -0.25) is 0 Å². The highest BCUT2D eigenvalue weighted by atomic mass is 14.9. The fourth-order valence-electron chi connectivity index (χ4n) is 1.05. The molecule has 1 N–H and O–H groups in total. The Hall–Kier alpha value is -1.76. The lowest BCUT2D eigenvalue weighted by atomic mass is 10.3. The van der Waals surface area contributed by atoms with Crippen LogP contribution in [0.1, 0.15) is 4.11 Å². The van der Waals surface area contributed by atoms with Crippen molar-refractivity contribution in [3.8, 4) is 0 Å². The third kappa shape index (κ3) is 2.09. The zero-order chi connectivity index (χ0) is 11.5. The van der Waals surface area contributed by atoms with Gasteiger partial charge in [0.1, 0.15) is 0 Å². The van der Waals surface area contributed by atoms with Crippen LogP contribution in [0.2, 0.25) is 0 Å². The standard InChI is InChI=1S/C12H11N/c1-3-7-11(8-4-1)13-12-9-5-2-6-10-12/h1-10,13H/i1D,7D,8D. The van der Waals surface area contributed by atoms with E-state index in [-0.39, 0.29) is 18.1 Å². The van der Waals surface area contributed by atoms with Gasteiger partial charge in [0.15, 0.2) is 0 Å². The van der Waals surface area contributed by atoms with Crippen LogP contribution in [0.25, 0.3) is 0 Å². The molecule has 0 aliphatic heterocycles. The lowest BCUT2D eigenvalue weighted by Crippen LogP contribution is -1.87. The van der Waals surface area contributed by atoms with Gasteiger partial charge in [-0.05, 0) is 24.2 Å². The predicted molar refractivity (Wildman–Crippen MR) is 56.2 cm³/mol. The van der Waals surface area contributed by atoms with Crippen LogP contribution >= 0.6 is 0 Å². The van der Waals surface area contributed by atoms with Gasteiger partial charge >= 0.3 is 0 Å². The van der Waals surface area contributed by atoms with Crippen molar-refractivity contribution in [3.63, 3.8) is 0 Å². The van der Waals surface area contributed by atoms with Crippen LogP contribution in [0.4, 0.5) is 11.4 Å². The second-order valence-corrected chi connectivity index (χ2v) is 2.61. The highest BCUT2D eigenvalue weighted by Crippen LogP contribution is 2.14. The van der Waals surface area contributed by atoms with Gasteiger partial charge in [-0.1, -0.05) is 36.4 Å². The van der Waals surface area contributed by atoms with Crippen LogP contribution in [-0.2, 0) is 0 Å². The highest BCUT2D eigenvalue weighted by molar-refractivity contribution is 5.58. The van der Waals surface area contributed by atoms with E-state index in [0.717, 1.165) is 5.69 Å². The van der Waals surface area contributed by atoms with Gasteiger partial charge in [-0.2, -0.15) is 0 Å². The van der Waals surface area contributed by atoms with Crippen molar-refractivity contribution in [2.45, 2.75) is 0 Å². The molecule has 0 spiro atoms. The van der Waals surface area contributed by atoms with E-state index in [4.69, 9.17) is 4.11 Å². The van der Waals surface area contributed by atoms with Crippen LogP contribution in [0.3, 0.4) is 0 Å². The second kappa shape index (κ2) is 3.76. The van der Waals surface area contributed by atoms with E-state index < -0.39 is 0 Å². The molecule has 0 aliphatic carbocycles. The summed E-state index contributed by atoms with van der Waals surface area (Å²) in [6.07, 6.45) is 0. The number of hydrogen-bond donors (Lipinski definition) is 1. The Bertz CT molecular complexity index is 474. The molecule has 0 fully saturated rings. The summed E-state index contributed by atoms with van der Waals surface area (Å²) in [6, 6.07) is 12.8. The smallest absolute Gasteiger partial charge is 0.0645 e. The molecule has 0 saturated heterocycles. The van der Waals surface area contributed by atoms with Gasteiger partial charge in [0, 0.05) is 11.4 Å². The quantitative estimate of drug-likeness (QED) is 0.731. The Labute approximate surface area is 82.3 Å². The molecule has 0 saturated carbocycles. The van der Waals surface area contributed by atoms with E-state index in [1.165, 1.54) is 12.1 Å². The zero-order valence-corrected chi connectivity index (χ0v) is 7.04. The molecule has 0 amide bonds. The Morgan fingerprint density at radius 3 is 2.23 bits per heavy atom. The molecule has 0 atom stereocenters. The number of benzene rings is 2. The fraction of sp³-hybridized carbons (Fsp3) is 0. The van der Waals surface area contributed by atoms with Crippen LogP contribution in [0, 0.1) is 0 Å². The summed E-state index contributed by atoms with van der Waals surface area (Å²) < 4.78 is 22.8. The van der Waals surface area contributed by atoms with E-state index in [9.17, 15) is 0 Å². The first-order valence-corrected chi connectivity index (χ1v) is 4.07. The zero-order valence-electron chi connectivity index (χ0n) is 10.0. The van der Waals surface area contributed by atoms with Crippen molar-refractivity contribution in [2.75, 3.05) is 5.32 Å². The summed E-state index contributed by atoms with van der Waals surface area (Å²) in [6.45, 7) is 0. The maximum atomic E-state index is 7.70. The first-order valence-electron chi connectivity index (χ1n) is 5.57. The molecule has 0 aliphatic rings. The van der Waals surface area contributed by atoms with Crippen LogP contribution in [0.15, 0.2) is 60.6 Å². The first-order chi connectivity index (χ1) is 7.66. The Balaban J connectivity index is 2.35. The molecule has 64 valence electrons. The van der Waals surface area contributed by atoms with Crippen molar-refractivity contribution in [2.24, 2.45) is 0 Å². The van der Waals surface area contributed by atoms with Crippen molar-refractivity contribution in [1.29, 1.82) is 0 Å². The molecule has 1 heteroatoms. The predicted octanol–water partition coefficient (Wildman–Crippen LogP) is 3.43. The Morgan fingerprint density at radius 2 is 1.54 bits per heavy atom. The molecule has 2 aromatic carbocycles. The highest BCUT2D eigenvalue weighted by Gasteiger charge is 1.89. The molecule has 13 heavy (non-hydrogen) atoms. The number of para-hydroxylation sites is 2. The number of nitrogens with one attached hydrogen (secondary N) is 1. The van der Waals surface area contributed by atoms with Crippen molar-refractivity contribution in [1.82, 2.24) is 0 Å². The number of hydrogen-bond acceptors (Lipinski definition) is 1. The fourth-order valence-corrected chi connectivity index (χ4v) is 1.05. The van der Waals surface area contributed by atoms with E-state index in [0.29, 0.717) is 5.69 Å². The molecule has 0 heterocycles. The molecular formula is C12H11N. The average Bonchev–Trinajstić information content (AvgIpc) is 2.25. The van der Waals surface area contributed by atoms with Crippen LogP contribution < -0.4 is 5.32 Å². The normalized spacial score (nSPS) is 12.8. The largest absolute Gasteiger partial charge is 0.356 e. The van der Waals surface area contributed by atoms with Crippen molar-refractivity contribution >= 4 is 11.4 Å². The molecule has 0 aromatic heterocycles. The maximum Gasteiger partial charge on any atom is 0.0645 e. The minimum absolute atomic E-state index is 0.168. The van der Waals surface area contributed by atoms with Gasteiger partial charge in [0.25, 0.3) is 0 Å². The van der Waals surface area contributed by atoms with E-state index >= 15 is 0 Å². The molecule has 2 rings (SSSR count). The van der Waals surface area contributed by atoms with E-state index in [1.807, 2.05) is 30.3 Å². The monoisotopic (exact) mass is 172 g/mol. The van der Waals surface area contributed by atoms with Gasteiger partial charge in [0.05, 0.1) is 4.11 Å². The van der Waals surface area contributed by atoms with E-state index in [1.54, 1.807) is 0 Å². The molecule has 0 radical (unpaired) electrons. The van der Waals surface area contributed by atoms with Gasteiger partial charge < -0.3 is 5.32 Å². The summed E-state index contributed by atoms with van der Waals surface area (Å²) >= 11 is 0. The number of anilines is 2. The Kier molecular flexibility index (Phi) is 1.47. The van der Waals surface area contributed by atoms with Gasteiger partial charge in [0.2, 0.25) is 0 Å². The number of rotatable bonds is 2. The minimum atomic E-state index is 0.168. The first kappa shape index (κ1) is 5.07. The van der Waals surface area contributed by atoms with Crippen LogP contribution in [-0.4, -0.2) is 0 Å². The molecule has 0 bridgehead atoms. The summed E-state index contributed by atoms with van der Waals surface area (Å²) in [5.41, 5.74) is 1.27. The lowest BCUT2D eigenvalue weighted by Gasteiger charge is -2.04. The van der Waals surface area contributed by atoms with E-state index in [2.05, 4.69) is 5.32 Å². The molecular weight excluding hydrogens is 158 g/mol. The minimum Gasteiger partial charge on any atom is -0.356 e. The lowest BCUT2D eigenvalue weighted by molar-refractivity contribution is 1.55. The third-order valence-electron chi connectivity index (χ3n) is 1.64. The van der Waals surface area contributed by atoms with Crippen LogP contribution in [0.5, 0.6) is 0 Å². The summed E-state index contributed by atoms with van der Waals surface area (Å²) in [5.74, 6) is 0. The molecule has 0 unspecified atom stereocenters. The topological polar surface area (TPSA) is 12.0 Å². The summed E-state index contributed by atoms with van der Waals surface area (Å²) in [5, 5.41) is 3.01. The van der Waals surface area contributed by atoms with Crippen molar-refractivity contribution in [3.05, 3.63) is 60.6 Å². The third-order valence-corrected chi connectivity index (χ3v) is 1.64. The summed E-state index contributed by atoms with van der Waals surface area (Å²) in [4.78, 5) is 0. The summed E-state index contributed by atoms with van der Waals surface area (Å²) in [7, 11) is 0. The molecule has 1 nitrogen and oxygen atoms in total. The van der Waals surface area contributed by atoms with Gasteiger partial charge in [-0.25, -0.2) is 0 Å². The maximum absolute atomic E-state index is 7.70.